The summed E-state index contributed by atoms with van der Waals surface area (Å²) in [4.78, 5) is 10.6. The molecule has 2 aliphatic rings. The Morgan fingerprint density at radius 2 is 2.00 bits per heavy atom. The van der Waals surface area contributed by atoms with Crippen LogP contribution in [0, 0.1) is 15.4 Å². The van der Waals surface area contributed by atoms with Crippen molar-refractivity contribution >= 4 is 28.6 Å². The second-order valence-electron chi connectivity index (χ2n) is 7.74. The fourth-order valence-electron chi connectivity index (χ4n) is 4.15. The number of rotatable bonds is 11. The number of halogens is 1. The van der Waals surface area contributed by atoms with E-state index in [1.807, 2.05) is 30.3 Å². The molecule has 3 rings (SSSR count). The van der Waals surface area contributed by atoms with Crippen molar-refractivity contribution in [3.05, 3.63) is 52.1 Å². The number of carboxylic acid groups (broad SMARTS) is 1. The predicted octanol–water partition coefficient (Wildman–Crippen LogP) is 4.58. The number of aliphatic hydroxyl groups is 1. The zero-order valence-corrected chi connectivity index (χ0v) is 18.6. The first kappa shape index (κ1) is 22.3. The largest absolute Gasteiger partial charge is 0.491 e. The van der Waals surface area contributed by atoms with Crippen LogP contribution in [0.3, 0.4) is 0 Å². The molecule has 0 spiro atoms. The van der Waals surface area contributed by atoms with Gasteiger partial charge in [0, 0.05) is 15.9 Å². The fraction of sp³-hybridized carbons (Fsp3) is 0.522. The van der Waals surface area contributed by atoms with Gasteiger partial charge < -0.3 is 19.7 Å². The molecule has 5 nitrogen and oxygen atoms in total. The van der Waals surface area contributed by atoms with Crippen LogP contribution in [-0.4, -0.2) is 41.1 Å². The number of carbonyl (C=O) groups is 1. The Morgan fingerprint density at radius 3 is 2.76 bits per heavy atom. The Balaban J connectivity index is 1.46. The van der Waals surface area contributed by atoms with Crippen molar-refractivity contribution in [2.45, 2.75) is 56.8 Å². The first-order valence-electron chi connectivity index (χ1n) is 10.3. The van der Waals surface area contributed by atoms with E-state index in [1.54, 1.807) is 0 Å². The van der Waals surface area contributed by atoms with Gasteiger partial charge >= 0.3 is 5.97 Å². The smallest absolute Gasteiger partial charge is 0.303 e. The lowest BCUT2D eigenvalue weighted by Crippen LogP contribution is -2.26. The fourth-order valence-corrected chi connectivity index (χ4v) is 4.51. The van der Waals surface area contributed by atoms with Crippen LogP contribution in [0.2, 0.25) is 0 Å². The minimum absolute atomic E-state index is 0.217. The predicted molar refractivity (Wildman–Crippen MR) is 120 cm³/mol. The summed E-state index contributed by atoms with van der Waals surface area (Å²) in [5.41, 5.74) is 0. The Kier molecular flexibility index (Phi) is 8.56. The van der Waals surface area contributed by atoms with Crippen molar-refractivity contribution in [3.8, 4) is 5.75 Å². The summed E-state index contributed by atoms with van der Waals surface area (Å²) in [6, 6.07) is 7.76. The molecule has 1 aromatic carbocycles. The molecule has 5 atom stereocenters. The lowest BCUT2D eigenvalue weighted by atomic mass is 9.77. The van der Waals surface area contributed by atoms with Crippen LogP contribution < -0.4 is 4.74 Å². The maximum absolute atomic E-state index is 10.6. The highest BCUT2D eigenvalue weighted by Gasteiger charge is 2.46. The summed E-state index contributed by atoms with van der Waals surface area (Å²) in [6.45, 7) is 0.229. The van der Waals surface area contributed by atoms with Gasteiger partial charge in [-0.25, -0.2) is 0 Å². The number of carboxylic acids is 1. The summed E-state index contributed by atoms with van der Waals surface area (Å²) < 4.78 is 12.9. The number of benzene rings is 1. The molecule has 0 amide bonds. The summed E-state index contributed by atoms with van der Waals surface area (Å²) in [5, 5.41) is 19.0. The van der Waals surface area contributed by atoms with Crippen LogP contribution in [0.15, 0.2) is 48.6 Å². The molecule has 2 bridgehead atoms. The normalized spacial score (nSPS) is 27.1. The molecule has 2 fully saturated rings. The monoisotopic (exact) mass is 512 g/mol. The topological polar surface area (TPSA) is 76.0 Å². The van der Waals surface area contributed by atoms with Crippen molar-refractivity contribution in [3.63, 3.8) is 0 Å². The van der Waals surface area contributed by atoms with Crippen LogP contribution in [0.25, 0.3) is 0 Å². The molecule has 0 saturated carbocycles. The van der Waals surface area contributed by atoms with Gasteiger partial charge in [-0.15, -0.1) is 0 Å². The van der Waals surface area contributed by atoms with Crippen LogP contribution in [0.4, 0.5) is 0 Å². The molecule has 6 heteroatoms. The maximum atomic E-state index is 10.6. The Hall–Kier alpha value is -1.38. The number of hydrogen-bond donors (Lipinski definition) is 2. The van der Waals surface area contributed by atoms with E-state index in [9.17, 15) is 9.90 Å². The molecule has 0 unspecified atom stereocenters. The van der Waals surface area contributed by atoms with E-state index in [0.717, 1.165) is 35.0 Å². The number of aliphatic carboxylic acids is 1. The Bertz CT molecular complexity index is 714. The van der Waals surface area contributed by atoms with Crippen molar-refractivity contribution in [1.29, 1.82) is 0 Å². The molecule has 158 valence electrons. The van der Waals surface area contributed by atoms with Crippen molar-refractivity contribution in [2.24, 2.45) is 11.8 Å². The van der Waals surface area contributed by atoms with E-state index in [1.165, 1.54) is 0 Å². The molecule has 2 aliphatic heterocycles. The Morgan fingerprint density at radius 1 is 1.24 bits per heavy atom. The second kappa shape index (κ2) is 11.1. The molecule has 0 aromatic heterocycles. The molecule has 0 radical (unpaired) electrons. The molecule has 2 heterocycles. The summed E-state index contributed by atoms with van der Waals surface area (Å²) in [7, 11) is 0. The van der Waals surface area contributed by atoms with Crippen molar-refractivity contribution in [1.82, 2.24) is 0 Å². The van der Waals surface area contributed by atoms with E-state index in [-0.39, 0.29) is 19.1 Å². The third-order valence-electron chi connectivity index (χ3n) is 5.61. The zero-order valence-electron chi connectivity index (χ0n) is 16.5. The average Bonchev–Trinajstić information content (AvgIpc) is 3.30. The highest BCUT2D eigenvalue weighted by Crippen LogP contribution is 2.45. The standard InChI is InChI=1S/C23H29IO5/c24-16-7-10-18(11-8-16)28-15-17(25)9-12-20-19(21-13-14-22(20)29-21)5-3-1-2-4-6-23(26)27/h1,3,7-12,17,19-22,25H,2,4-6,13-15H2,(H,26,27)/b3-1?,12-9+/t17-,19+,20-,21+,22-/m1/s1. The number of ether oxygens (including phenoxy) is 2. The third kappa shape index (κ3) is 6.83. The van der Waals surface area contributed by atoms with E-state index >= 15 is 0 Å². The van der Waals surface area contributed by atoms with Gasteiger partial charge in [0.1, 0.15) is 18.5 Å². The number of hydrogen-bond acceptors (Lipinski definition) is 4. The lowest BCUT2D eigenvalue weighted by Gasteiger charge is -2.25. The number of unbranched alkanes of at least 4 members (excludes halogenated alkanes) is 1. The zero-order chi connectivity index (χ0) is 20.6. The molecular formula is C23H29IO5. The van der Waals surface area contributed by atoms with Crippen LogP contribution in [-0.2, 0) is 9.53 Å². The quantitative estimate of drug-likeness (QED) is 0.258. The SMILES string of the molecule is O=C(O)CCCC=CC[C@H]1[C@@H](/C=C/[C@@H](O)COc2ccc(I)cc2)[C@H]2CC[C@@H]1O2. The van der Waals surface area contributed by atoms with Gasteiger partial charge in [-0.1, -0.05) is 24.3 Å². The lowest BCUT2D eigenvalue weighted by molar-refractivity contribution is -0.137. The van der Waals surface area contributed by atoms with E-state index in [4.69, 9.17) is 14.6 Å². The van der Waals surface area contributed by atoms with Gasteiger partial charge in [0.05, 0.1) is 12.2 Å². The molecular weight excluding hydrogens is 483 g/mol. The molecule has 2 N–H and O–H groups in total. The van der Waals surface area contributed by atoms with Gasteiger partial charge in [-0.2, -0.15) is 0 Å². The summed E-state index contributed by atoms with van der Waals surface area (Å²) in [5.74, 6) is 0.747. The molecule has 2 saturated heterocycles. The number of fused-ring (bicyclic) bond motifs is 2. The minimum Gasteiger partial charge on any atom is -0.491 e. The first-order valence-corrected chi connectivity index (χ1v) is 11.4. The first-order chi connectivity index (χ1) is 14.0. The van der Waals surface area contributed by atoms with E-state index < -0.39 is 12.1 Å². The van der Waals surface area contributed by atoms with Gasteiger partial charge in [0.2, 0.25) is 0 Å². The summed E-state index contributed by atoms with van der Waals surface area (Å²) in [6.07, 6.45) is 12.9. The molecule has 29 heavy (non-hydrogen) atoms. The van der Waals surface area contributed by atoms with Crippen molar-refractivity contribution in [2.75, 3.05) is 6.61 Å². The maximum Gasteiger partial charge on any atom is 0.303 e. The highest BCUT2D eigenvalue weighted by molar-refractivity contribution is 14.1. The number of aliphatic hydroxyl groups excluding tert-OH is 1. The summed E-state index contributed by atoms with van der Waals surface area (Å²) >= 11 is 2.25. The van der Waals surface area contributed by atoms with E-state index in [2.05, 4.69) is 40.8 Å². The second-order valence-corrected chi connectivity index (χ2v) is 8.99. The highest BCUT2D eigenvalue weighted by atomic mass is 127. The molecule has 0 aliphatic carbocycles. The van der Waals surface area contributed by atoms with Crippen LogP contribution in [0.5, 0.6) is 5.75 Å². The van der Waals surface area contributed by atoms with Gasteiger partial charge in [0.15, 0.2) is 0 Å². The average molecular weight is 512 g/mol. The third-order valence-corrected chi connectivity index (χ3v) is 6.33. The minimum atomic E-state index is -0.741. The van der Waals surface area contributed by atoms with Gasteiger partial charge in [-0.05, 0) is 84.9 Å². The number of allylic oxidation sites excluding steroid dienone is 2. The van der Waals surface area contributed by atoms with Crippen LogP contribution in [0.1, 0.15) is 38.5 Å². The van der Waals surface area contributed by atoms with Crippen LogP contribution >= 0.6 is 22.6 Å². The van der Waals surface area contributed by atoms with E-state index in [0.29, 0.717) is 24.4 Å². The Labute approximate surface area is 185 Å². The van der Waals surface area contributed by atoms with Gasteiger partial charge in [-0.3, -0.25) is 4.79 Å². The van der Waals surface area contributed by atoms with Crippen molar-refractivity contribution < 1.29 is 24.5 Å². The van der Waals surface area contributed by atoms with Gasteiger partial charge in [0.25, 0.3) is 0 Å². The molecule has 1 aromatic rings.